The van der Waals surface area contributed by atoms with Gasteiger partial charge in [-0.3, -0.25) is 4.79 Å². The number of nitrogens with zero attached hydrogens (tertiary/aromatic N) is 1. The maximum atomic E-state index is 16.2. The van der Waals surface area contributed by atoms with Gasteiger partial charge in [0.25, 0.3) is 0 Å². The Kier molecular flexibility index (Phi) is 11.7. The van der Waals surface area contributed by atoms with E-state index in [0.29, 0.717) is 18.3 Å². The van der Waals surface area contributed by atoms with Crippen LogP contribution in [0.4, 0.5) is 10.1 Å². The number of phenols is 1. The van der Waals surface area contributed by atoms with E-state index in [9.17, 15) is 15.0 Å². The van der Waals surface area contributed by atoms with Crippen LogP contribution in [0, 0.1) is 23.2 Å². The molecule has 0 bridgehead atoms. The highest BCUT2D eigenvalue weighted by atomic mass is 19.1. The molecule has 5 heteroatoms. The molecule has 6 rings (SSSR count). The molecule has 1 amide bonds. The molecule has 49 heavy (non-hydrogen) atoms. The van der Waals surface area contributed by atoms with E-state index in [1.807, 2.05) is 17.0 Å². The van der Waals surface area contributed by atoms with Crippen LogP contribution in [-0.2, 0) is 17.6 Å². The summed E-state index contributed by atoms with van der Waals surface area (Å²) >= 11 is 0. The minimum absolute atomic E-state index is 0.120. The third-order valence-electron chi connectivity index (χ3n) is 12.9. The monoisotopic (exact) mass is 669 g/mol. The molecule has 2 N–H and O–H groups in total. The maximum Gasteiger partial charge on any atom is 0.223 e. The smallest absolute Gasteiger partial charge is 0.223 e. The van der Waals surface area contributed by atoms with Crippen LogP contribution in [0.5, 0.6) is 5.75 Å². The number of carbonyl (C=O) groups excluding carboxylic acids is 1. The number of hydrogen-bond donors (Lipinski definition) is 2. The summed E-state index contributed by atoms with van der Waals surface area (Å²) in [5.74, 6) is 1.20. The van der Waals surface area contributed by atoms with E-state index in [1.165, 1.54) is 42.0 Å². The fourth-order valence-corrected chi connectivity index (χ4v) is 10.4. The summed E-state index contributed by atoms with van der Waals surface area (Å²) < 4.78 is 16.2. The lowest BCUT2D eigenvalue weighted by molar-refractivity contribution is -0.116. The van der Waals surface area contributed by atoms with Gasteiger partial charge >= 0.3 is 0 Å². The first kappa shape index (κ1) is 35.9. The Morgan fingerprint density at radius 2 is 1.69 bits per heavy atom. The first-order valence-electron chi connectivity index (χ1n) is 19.7. The van der Waals surface area contributed by atoms with Gasteiger partial charge in [-0.25, -0.2) is 4.39 Å². The van der Waals surface area contributed by atoms with Crippen molar-refractivity contribution in [1.82, 2.24) is 0 Å². The minimum Gasteiger partial charge on any atom is -0.508 e. The van der Waals surface area contributed by atoms with Gasteiger partial charge in [0, 0.05) is 25.1 Å². The van der Waals surface area contributed by atoms with E-state index in [1.54, 1.807) is 13.0 Å². The molecule has 3 aliphatic carbocycles. The molecule has 7 atom stereocenters. The molecule has 266 valence electrons. The van der Waals surface area contributed by atoms with Gasteiger partial charge in [0.2, 0.25) is 5.91 Å². The van der Waals surface area contributed by atoms with Crippen molar-refractivity contribution in [3.05, 3.63) is 71.3 Å². The molecule has 3 aromatic carbocycles. The summed E-state index contributed by atoms with van der Waals surface area (Å²) in [6, 6.07) is 18.5. The van der Waals surface area contributed by atoms with Crippen molar-refractivity contribution in [2.75, 3.05) is 11.4 Å². The zero-order chi connectivity index (χ0) is 34.5. The molecule has 0 spiro atoms. The van der Waals surface area contributed by atoms with E-state index >= 15 is 4.39 Å². The number of halogens is 1. The second kappa shape index (κ2) is 16.0. The Labute approximate surface area is 294 Å². The number of amides is 1. The molecule has 0 saturated heterocycles. The Morgan fingerprint density at radius 1 is 0.939 bits per heavy atom. The van der Waals surface area contributed by atoms with Crippen LogP contribution in [0.1, 0.15) is 133 Å². The van der Waals surface area contributed by atoms with E-state index < -0.39 is 12.3 Å². The van der Waals surface area contributed by atoms with E-state index in [0.717, 1.165) is 94.0 Å². The standard InChI is InChI=1S/C44H60FNO3/c1-4-5-6-7-10-15-26-46(30(2)47)40-24-20-31-16-13-14-18-35(31)37(40)19-12-9-8-11-17-32-27-33-28-34(48)21-22-36(33)43-39(45)29-44(3)38(42(32)43)23-25-41(44)49/h13-14,16,18,20-22,24,28,32,38-39,41-43,48-49H,4-12,15,17,19,23,25-27,29H2,1-3H3/t32-,38?,39+,41+,42?,43?,44+/m1/s1. The van der Waals surface area contributed by atoms with Crippen molar-refractivity contribution in [1.29, 1.82) is 0 Å². The van der Waals surface area contributed by atoms with Gasteiger partial charge in [-0.05, 0) is 120 Å². The highest BCUT2D eigenvalue weighted by molar-refractivity contribution is 5.98. The number of aliphatic hydroxyl groups is 1. The first-order valence-corrected chi connectivity index (χ1v) is 19.7. The van der Waals surface area contributed by atoms with Gasteiger partial charge in [0.15, 0.2) is 0 Å². The molecule has 0 radical (unpaired) electrons. The number of fused-ring (bicyclic) bond motifs is 6. The normalized spacial score (nSPS) is 27.4. The van der Waals surface area contributed by atoms with Crippen LogP contribution in [0.3, 0.4) is 0 Å². The molecule has 3 aliphatic rings. The number of hydrogen-bond acceptors (Lipinski definition) is 3. The molecule has 4 nitrogen and oxygen atoms in total. The second-order valence-corrected chi connectivity index (χ2v) is 16.1. The average Bonchev–Trinajstić information content (AvgIpc) is 3.38. The van der Waals surface area contributed by atoms with Gasteiger partial charge in [0.05, 0.1) is 6.10 Å². The largest absolute Gasteiger partial charge is 0.508 e. The molecule has 3 unspecified atom stereocenters. The highest BCUT2D eigenvalue weighted by Crippen LogP contribution is 2.63. The number of aliphatic hydroxyl groups excluding tert-OH is 1. The number of rotatable bonds is 15. The fraction of sp³-hybridized carbons (Fsp3) is 0.614. The molecule has 0 aliphatic heterocycles. The lowest BCUT2D eigenvalue weighted by atomic mass is 9.51. The van der Waals surface area contributed by atoms with Crippen LogP contribution < -0.4 is 4.90 Å². The van der Waals surface area contributed by atoms with Crippen molar-refractivity contribution in [3.63, 3.8) is 0 Å². The zero-order valence-electron chi connectivity index (χ0n) is 30.3. The average molecular weight is 670 g/mol. The van der Waals surface area contributed by atoms with Gasteiger partial charge in [-0.2, -0.15) is 0 Å². The number of benzene rings is 3. The van der Waals surface area contributed by atoms with Gasteiger partial charge in [-0.15, -0.1) is 0 Å². The number of aryl methyl sites for hydroxylation is 1. The summed E-state index contributed by atoms with van der Waals surface area (Å²) in [6.45, 7) is 6.86. The maximum absolute atomic E-state index is 16.2. The predicted octanol–water partition coefficient (Wildman–Crippen LogP) is 10.8. The summed E-state index contributed by atoms with van der Waals surface area (Å²) in [5.41, 5.74) is 4.25. The lowest BCUT2D eigenvalue weighted by Gasteiger charge is -2.54. The number of carbonyl (C=O) groups is 1. The molecular formula is C44H60FNO3. The summed E-state index contributed by atoms with van der Waals surface area (Å²) in [6.07, 6.45) is 15.3. The van der Waals surface area contributed by atoms with Crippen molar-refractivity contribution in [2.45, 2.75) is 142 Å². The Morgan fingerprint density at radius 3 is 2.51 bits per heavy atom. The number of alkyl halides is 1. The van der Waals surface area contributed by atoms with Crippen LogP contribution in [0.25, 0.3) is 10.8 Å². The summed E-state index contributed by atoms with van der Waals surface area (Å²) in [4.78, 5) is 15.0. The van der Waals surface area contributed by atoms with E-state index in [4.69, 9.17) is 0 Å². The van der Waals surface area contributed by atoms with Crippen LogP contribution in [-0.4, -0.2) is 34.9 Å². The molecular weight excluding hydrogens is 609 g/mol. The van der Waals surface area contributed by atoms with Crippen molar-refractivity contribution >= 4 is 22.4 Å². The predicted molar refractivity (Wildman–Crippen MR) is 200 cm³/mol. The SMILES string of the molecule is CCCCCCCCN(C(C)=O)c1ccc2ccccc2c1CCCCCC[C@@H]1Cc2cc(O)ccc2C2C1C1CC[C@H](O)[C@@]1(C)C[C@@H]2F. The number of phenolic OH excluding ortho intramolecular Hbond substituents is 1. The first-order chi connectivity index (χ1) is 23.7. The van der Waals surface area contributed by atoms with Crippen LogP contribution in [0.2, 0.25) is 0 Å². The zero-order valence-corrected chi connectivity index (χ0v) is 30.3. The van der Waals surface area contributed by atoms with Gasteiger partial charge in [-0.1, -0.05) is 102 Å². The third kappa shape index (κ3) is 7.58. The minimum atomic E-state index is -0.962. The quantitative estimate of drug-likeness (QED) is 0.158. The summed E-state index contributed by atoms with van der Waals surface area (Å²) in [7, 11) is 0. The second-order valence-electron chi connectivity index (χ2n) is 16.1. The van der Waals surface area contributed by atoms with Crippen molar-refractivity contribution in [3.8, 4) is 5.75 Å². The van der Waals surface area contributed by atoms with Crippen LogP contribution in [0.15, 0.2) is 54.6 Å². The molecule has 2 saturated carbocycles. The lowest BCUT2D eigenvalue weighted by Crippen LogP contribution is -2.51. The number of anilines is 1. The Bertz CT molecular complexity index is 1570. The van der Waals surface area contributed by atoms with Gasteiger partial charge < -0.3 is 15.1 Å². The Balaban J connectivity index is 1.11. The van der Waals surface area contributed by atoms with Crippen LogP contribution >= 0.6 is 0 Å². The topological polar surface area (TPSA) is 60.8 Å². The van der Waals surface area contributed by atoms with Crippen molar-refractivity contribution < 1.29 is 19.4 Å². The molecule has 0 aromatic heterocycles. The number of unbranched alkanes of at least 4 members (excludes halogenated alkanes) is 8. The molecule has 0 heterocycles. The van der Waals surface area contributed by atoms with E-state index in [-0.39, 0.29) is 28.9 Å². The highest BCUT2D eigenvalue weighted by Gasteiger charge is 2.59. The fourth-order valence-electron chi connectivity index (χ4n) is 10.4. The third-order valence-corrected chi connectivity index (χ3v) is 12.9. The van der Waals surface area contributed by atoms with Crippen molar-refractivity contribution in [2.24, 2.45) is 23.2 Å². The Hall–Kier alpha value is -2.92. The molecule has 3 aromatic rings. The summed E-state index contributed by atoms with van der Waals surface area (Å²) in [5, 5.41) is 23.8. The van der Waals surface area contributed by atoms with Gasteiger partial charge in [0.1, 0.15) is 11.9 Å². The number of aromatic hydroxyl groups is 1. The van der Waals surface area contributed by atoms with E-state index in [2.05, 4.69) is 50.2 Å². The molecule has 2 fully saturated rings.